The topological polar surface area (TPSA) is 40.6 Å². The van der Waals surface area contributed by atoms with E-state index in [4.69, 9.17) is 0 Å². The number of carbonyl (C=O) groups excluding carboxylic acids is 2. The van der Waals surface area contributed by atoms with Crippen molar-refractivity contribution in [3.05, 3.63) is 29.8 Å². The minimum Gasteiger partial charge on any atom is -0.359 e. The molecule has 0 N–H and O–H groups in total. The van der Waals surface area contributed by atoms with Gasteiger partial charge in [0.2, 0.25) is 5.91 Å². The molecule has 1 aromatic carbocycles. The molecule has 1 aromatic rings. The summed E-state index contributed by atoms with van der Waals surface area (Å²) in [6.07, 6.45) is 0.474. The zero-order valence-corrected chi connectivity index (χ0v) is 11.0. The van der Waals surface area contributed by atoms with Crippen molar-refractivity contribution in [2.45, 2.75) is 19.4 Å². The van der Waals surface area contributed by atoms with Crippen LogP contribution in [0.25, 0.3) is 0 Å². The van der Waals surface area contributed by atoms with Gasteiger partial charge in [0.05, 0.1) is 0 Å². The largest absolute Gasteiger partial charge is 0.359 e. The van der Waals surface area contributed by atoms with E-state index in [1.807, 2.05) is 36.1 Å². The summed E-state index contributed by atoms with van der Waals surface area (Å²) in [6.45, 7) is 2.49. The molecule has 1 aliphatic rings. The fraction of sp³-hybridized carbons (Fsp3) is 0.429. The number of Topliss-reactive ketones (excluding diaryl/α,β-unsaturated/α-hetero) is 1. The predicted octanol–water partition coefficient (Wildman–Crippen LogP) is 1.56. The van der Waals surface area contributed by atoms with Crippen molar-refractivity contribution >= 4 is 17.4 Å². The molecule has 1 amide bonds. The van der Waals surface area contributed by atoms with E-state index in [-0.39, 0.29) is 17.7 Å². The van der Waals surface area contributed by atoms with Gasteiger partial charge in [0, 0.05) is 38.3 Å². The van der Waals surface area contributed by atoms with Crippen LogP contribution in [0.15, 0.2) is 24.3 Å². The van der Waals surface area contributed by atoms with Crippen molar-refractivity contribution < 1.29 is 9.59 Å². The molecule has 0 aromatic heterocycles. The second-order valence-corrected chi connectivity index (χ2v) is 4.79. The maximum absolute atomic E-state index is 12.0. The number of anilines is 1. The first kappa shape index (κ1) is 12.6. The molecule has 96 valence electrons. The van der Waals surface area contributed by atoms with Gasteiger partial charge < -0.3 is 9.80 Å². The summed E-state index contributed by atoms with van der Waals surface area (Å²) < 4.78 is 0. The number of rotatable bonds is 2. The minimum atomic E-state index is -0.241. The van der Waals surface area contributed by atoms with Crippen molar-refractivity contribution in [3.63, 3.8) is 0 Å². The Bertz CT molecular complexity index is 482. The van der Waals surface area contributed by atoms with Crippen LogP contribution in [0.3, 0.4) is 0 Å². The number of para-hydroxylation sites is 1. The Kier molecular flexibility index (Phi) is 3.36. The third-order valence-electron chi connectivity index (χ3n) is 3.36. The molecule has 1 unspecified atom stereocenters. The zero-order valence-electron chi connectivity index (χ0n) is 11.0. The Morgan fingerprint density at radius 2 is 2.00 bits per heavy atom. The van der Waals surface area contributed by atoms with Crippen LogP contribution < -0.4 is 4.90 Å². The van der Waals surface area contributed by atoms with Gasteiger partial charge in [0.25, 0.3) is 0 Å². The number of amides is 1. The lowest BCUT2D eigenvalue weighted by atomic mass is 9.99. The molecule has 0 fully saturated rings. The van der Waals surface area contributed by atoms with Gasteiger partial charge in [-0.05, 0) is 19.1 Å². The first-order valence-corrected chi connectivity index (χ1v) is 6.12. The fourth-order valence-corrected chi connectivity index (χ4v) is 2.35. The molecular formula is C14H18N2O2. The average molecular weight is 246 g/mol. The lowest BCUT2D eigenvalue weighted by molar-refractivity contribution is -0.129. The van der Waals surface area contributed by atoms with Gasteiger partial charge in [-0.25, -0.2) is 0 Å². The van der Waals surface area contributed by atoms with Crippen molar-refractivity contribution in [3.8, 4) is 0 Å². The number of fused-ring (bicyclic) bond motifs is 1. The summed E-state index contributed by atoms with van der Waals surface area (Å²) in [6, 6.07) is 7.26. The molecule has 0 aliphatic carbocycles. The molecule has 18 heavy (non-hydrogen) atoms. The van der Waals surface area contributed by atoms with Crippen LogP contribution in [0.2, 0.25) is 0 Å². The summed E-state index contributed by atoms with van der Waals surface area (Å²) in [5, 5.41) is 0. The van der Waals surface area contributed by atoms with Gasteiger partial charge >= 0.3 is 0 Å². The first-order valence-electron chi connectivity index (χ1n) is 6.12. The smallest absolute Gasteiger partial charge is 0.244 e. The third-order valence-corrected chi connectivity index (χ3v) is 3.36. The van der Waals surface area contributed by atoms with Gasteiger partial charge in [0.1, 0.15) is 6.04 Å². The number of nitrogens with zero attached hydrogens (tertiary/aromatic N) is 2. The zero-order chi connectivity index (χ0) is 13.3. The lowest BCUT2D eigenvalue weighted by Crippen LogP contribution is -2.47. The summed E-state index contributed by atoms with van der Waals surface area (Å²) in [5.74, 6) is 0.213. The highest BCUT2D eigenvalue weighted by atomic mass is 16.2. The Morgan fingerprint density at radius 1 is 1.33 bits per heavy atom. The molecule has 1 atom stereocenters. The average Bonchev–Trinajstić information content (AvgIpc) is 2.38. The van der Waals surface area contributed by atoms with Gasteiger partial charge in [-0.3, -0.25) is 9.59 Å². The van der Waals surface area contributed by atoms with Crippen LogP contribution in [0.1, 0.15) is 23.7 Å². The van der Waals surface area contributed by atoms with E-state index in [1.54, 1.807) is 19.0 Å². The van der Waals surface area contributed by atoms with Crippen molar-refractivity contribution in [2.75, 3.05) is 25.5 Å². The summed E-state index contributed by atoms with van der Waals surface area (Å²) in [4.78, 5) is 27.5. The van der Waals surface area contributed by atoms with Crippen LogP contribution in [-0.2, 0) is 4.79 Å². The van der Waals surface area contributed by atoms with E-state index in [0.717, 1.165) is 11.3 Å². The summed E-state index contributed by atoms with van der Waals surface area (Å²) >= 11 is 0. The highest BCUT2D eigenvalue weighted by Crippen LogP contribution is 2.28. The van der Waals surface area contributed by atoms with E-state index in [9.17, 15) is 9.59 Å². The Morgan fingerprint density at radius 3 is 2.67 bits per heavy atom. The predicted molar refractivity (Wildman–Crippen MR) is 70.9 cm³/mol. The third kappa shape index (κ3) is 2.10. The Hall–Kier alpha value is -1.84. The maximum Gasteiger partial charge on any atom is 0.244 e. The Balaban J connectivity index is 2.34. The van der Waals surface area contributed by atoms with Gasteiger partial charge in [-0.1, -0.05) is 12.1 Å². The fourth-order valence-electron chi connectivity index (χ4n) is 2.35. The van der Waals surface area contributed by atoms with E-state index in [2.05, 4.69) is 0 Å². The summed E-state index contributed by atoms with van der Waals surface area (Å²) in [7, 11) is 3.50. The summed E-state index contributed by atoms with van der Waals surface area (Å²) in [5.41, 5.74) is 1.60. The van der Waals surface area contributed by atoms with Crippen molar-refractivity contribution in [1.82, 2.24) is 4.90 Å². The molecule has 2 rings (SSSR count). The number of hydrogen-bond donors (Lipinski definition) is 0. The van der Waals surface area contributed by atoms with Crippen LogP contribution in [0.5, 0.6) is 0 Å². The highest BCUT2D eigenvalue weighted by molar-refractivity contribution is 6.04. The number of hydrogen-bond acceptors (Lipinski definition) is 3. The molecule has 0 spiro atoms. The van der Waals surface area contributed by atoms with Crippen molar-refractivity contribution in [2.24, 2.45) is 0 Å². The quantitative estimate of drug-likeness (QED) is 0.795. The standard InChI is InChI=1S/C14H18N2O2/c1-10(14(18)15(2)3)16-9-8-13(17)11-6-4-5-7-12(11)16/h4-7,10H,8-9H2,1-3H3. The van der Waals surface area contributed by atoms with Crippen LogP contribution in [-0.4, -0.2) is 43.3 Å². The lowest BCUT2D eigenvalue weighted by Gasteiger charge is -2.35. The minimum absolute atomic E-state index is 0.0548. The monoisotopic (exact) mass is 246 g/mol. The number of benzene rings is 1. The highest BCUT2D eigenvalue weighted by Gasteiger charge is 2.29. The van der Waals surface area contributed by atoms with E-state index in [0.29, 0.717) is 13.0 Å². The van der Waals surface area contributed by atoms with E-state index >= 15 is 0 Å². The number of carbonyl (C=O) groups is 2. The first-order chi connectivity index (χ1) is 8.52. The molecule has 1 heterocycles. The van der Waals surface area contributed by atoms with E-state index in [1.165, 1.54) is 0 Å². The SMILES string of the molecule is CC(C(=O)N(C)C)N1CCC(=O)c2ccccc21. The van der Waals surface area contributed by atoms with E-state index < -0.39 is 0 Å². The maximum atomic E-state index is 12.0. The molecule has 4 nitrogen and oxygen atoms in total. The molecular weight excluding hydrogens is 228 g/mol. The Labute approximate surface area is 107 Å². The number of ketones is 1. The van der Waals surface area contributed by atoms with Crippen LogP contribution in [0.4, 0.5) is 5.69 Å². The molecule has 0 radical (unpaired) electrons. The van der Waals surface area contributed by atoms with Crippen LogP contribution in [0, 0.1) is 0 Å². The second kappa shape index (κ2) is 4.80. The molecule has 0 bridgehead atoms. The van der Waals surface area contributed by atoms with Gasteiger partial charge in [-0.2, -0.15) is 0 Å². The molecule has 0 saturated carbocycles. The van der Waals surface area contributed by atoms with Crippen molar-refractivity contribution in [1.29, 1.82) is 0 Å². The van der Waals surface area contributed by atoms with Gasteiger partial charge in [-0.15, -0.1) is 0 Å². The second-order valence-electron chi connectivity index (χ2n) is 4.79. The number of likely N-dealkylation sites (N-methyl/N-ethyl adjacent to an activating group) is 1. The normalized spacial score (nSPS) is 16.2. The molecule has 0 saturated heterocycles. The van der Waals surface area contributed by atoms with Gasteiger partial charge in [0.15, 0.2) is 5.78 Å². The molecule has 4 heteroatoms. The molecule has 1 aliphatic heterocycles. The van der Waals surface area contributed by atoms with Crippen LogP contribution >= 0.6 is 0 Å².